The Morgan fingerprint density at radius 3 is 3.10 bits per heavy atom. The van der Waals surface area contributed by atoms with Crippen LogP contribution in [0.15, 0.2) is 12.3 Å². The lowest BCUT2D eigenvalue weighted by molar-refractivity contribution is 0.191. The van der Waals surface area contributed by atoms with Crippen molar-refractivity contribution in [3.63, 3.8) is 0 Å². The monoisotopic (exact) mass is 141 g/mol. The number of hydrazine groups is 1. The largest absolute Gasteiger partial charge is 0.330 e. The summed E-state index contributed by atoms with van der Waals surface area (Å²) in [5.74, 6) is 0. The molecule has 1 heterocycles. The molecule has 3 nitrogen and oxygen atoms in total. The van der Waals surface area contributed by atoms with Gasteiger partial charge < -0.3 is 11.2 Å². The fourth-order valence-corrected chi connectivity index (χ4v) is 1.07. The summed E-state index contributed by atoms with van der Waals surface area (Å²) in [5, 5.41) is 2.17. The van der Waals surface area contributed by atoms with Crippen LogP contribution in [-0.4, -0.2) is 24.1 Å². The molecule has 0 radical (unpaired) electrons. The normalized spacial score (nSPS) is 21.0. The molecule has 0 saturated carbocycles. The van der Waals surface area contributed by atoms with E-state index >= 15 is 0 Å². The Balaban J connectivity index is 2.21. The average molecular weight is 141 g/mol. The molecule has 0 spiro atoms. The summed E-state index contributed by atoms with van der Waals surface area (Å²) in [7, 11) is 0. The molecule has 0 amide bonds. The smallest absolute Gasteiger partial charge is 0.0379 e. The van der Waals surface area contributed by atoms with E-state index < -0.39 is 0 Å². The Labute approximate surface area is 61.9 Å². The minimum atomic E-state index is 0.542. The number of nitrogens with two attached hydrogens (primary N) is 1. The van der Waals surface area contributed by atoms with Crippen LogP contribution in [0.3, 0.4) is 0 Å². The van der Waals surface area contributed by atoms with E-state index in [2.05, 4.69) is 23.4 Å². The average Bonchev–Trinajstić information content (AvgIpc) is 2.38. The first-order valence-corrected chi connectivity index (χ1v) is 3.72. The van der Waals surface area contributed by atoms with E-state index in [0.717, 1.165) is 19.5 Å². The number of hydrogen-bond acceptors (Lipinski definition) is 3. The van der Waals surface area contributed by atoms with Crippen molar-refractivity contribution in [1.29, 1.82) is 0 Å². The molecule has 3 heteroatoms. The van der Waals surface area contributed by atoms with Crippen LogP contribution in [0.2, 0.25) is 0 Å². The number of hydrogen-bond donors (Lipinski definition) is 2. The Morgan fingerprint density at radius 1 is 1.80 bits per heavy atom. The molecular weight excluding hydrogens is 126 g/mol. The number of rotatable bonds is 3. The fraction of sp³-hybridized carbons (Fsp3) is 0.714. The third-order valence-corrected chi connectivity index (χ3v) is 1.78. The highest BCUT2D eigenvalue weighted by atomic mass is 15.5. The van der Waals surface area contributed by atoms with Gasteiger partial charge in [-0.25, -0.2) is 5.01 Å². The van der Waals surface area contributed by atoms with Crippen molar-refractivity contribution in [1.82, 2.24) is 10.4 Å². The molecule has 0 bridgehead atoms. The second-order valence-electron chi connectivity index (χ2n) is 2.61. The molecule has 0 aromatic carbocycles. The first kappa shape index (κ1) is 7.57. The maximum atomic E-state index is 5.42. The van der Waals surface area contributed by atoms with Gasteiger partial charge in [-0.1, -0.05) is 6.08 Å². The van der Waals surface area contributed by atoms with E-state index in [9.17, 15) is 0 Å². The van der Waals surface area contributed by atoms with Crippen LogP contribution in [-0.2, 0) is 0 Å². The first-order chi connectivity index (χ1) is 4.84. The zero-order chi connectivity index (χ0) is 7.40. The molecule has 0 fully saturated rings. The predicted molar refractivity (Wildman–Crippen MR) is 42.1 cm³/mol. The highest BCUT2D eigenvalue weighted by Crippen LogP contribution is 2.02. The Bertz CT molecular complexity index is 114. The van der Waals surface area contributed by atoms with Crippen molar-refractivity contribution in [2.24, 2.45) is 5.73 Å². The molecule has 1 unspecified atom stereocenters. The second-order valence-corrected chi connectivity index (χ2v) is 2.61. The van der Waals surface area contributed by atoms with E-state index in [1.807, 2.05) is 6.20 Å². The van der Waals surface area contributed by atoms with E-state index in [0.29, 0.717) is 6.04 Å². The molecule has 1 rings (SSSR count). The van der Waals surface area contributed by atoms with Gasteiger partial charge in [-0.2, -0.15) is 0 Å². The van der Waals surface area contributed by atoms with Crippen molar-refractivity contribution < 1.29 is 0 Å². The minimum Gasteiger partial charge on any atom is -0.330 e. The van der Waals surface area contributed by atoms with E-state index in [1.54, 1.807) is 0 Å². The van der Waals surface area contributed by atoms with E-state index in [4.69, 9.17) is 5.73 Å². The molecule has 3 N–H and O–H groups in total. The van der Waals surface area contributed by atoms with Crippen molar-refractivity contribution in [3.8, 4) is 0 Å². The van der Waals surface area contributed by atoms with Gasteiger partial charge in [0.15, 0.2) is 0 Å². The summed E-state index contributed by atoms with van der Waals surface area (Å²) < 4.78 is 0. The molecular formula is C7H15N3. The lowest BCUT2D eigenvalue weighted by Gasteiger charge is -2.23. The van der Waals surface area contributed by atoms with Crippen LogP contribution in [0, 0.1) is 0 Å². The van der Waals surface area contributed by atoms with Crippen molar-refractivity contribution in [3.05, 3.63) is 12.3 Å². The minimum absolute atomic E-state index is 0.542. The fourth-order valence-electron chi connectivity index (χ4n) is 1.07. The summed E-state index contributed by atoms with van der Waals surface area (Å²) >= 11 is 0. The van der Waals surface area contributed by atoms with Gasteiger partial charge in [-0.15, -0.1) is 0 Å². The standard InChI is InChI=1S/C7H15N3/c1-7(3-4-8)10-6-2-5-9-10/h2,5,7,9H,3-4,6,8H2,1H3. The molecule has 1 aliphatic heterocycles. The van der Waals surface area contributed by atoms with Crippen LogP contribution in [0.25, 0.3) is 0 Å². The van der Waals surface area contributed by atoms with Gasteiger partial charge in [-0.05, 0) is 19.9 Å². The third kappa shape index (κ3) is 1.72. The molecule has 0 aromatic rings. The van der Waals surface area contributed by atoms with Gasteiger partial charge in [0.2, 0.25) is 0 Å². The Kier molecular flexibility index (Phi) is 2.71. The van der Waals surface area contributed by atoms with Crippen LogP contribution in [0.5, 0.6) is 0 Å². The van der Waals surface area contributed by atoms with E-state index in [1.165, 1.54) is 0 Å². The third-order valence-electron chi connectivity index (χ3n) is 1.78. The lowest BCUT2D eigenvalue weighted by atomic mass is 10.2. The van der Waals surface area contributed by atoms with Crippen LogP contribution < -0.4 is 11.2 Å². The summed E-state index contributed by atoms with van der Waals surface area (Å²) in [6, 6.07) is 0.542. The van der Waals surface area contributed by atoms with Crippen molar-refractivity contribution in [2.45, 2.75) is 19.4 Å². The molecule has 1 aliphatic rings. The van der Waals surface area contributed by atoms with Gasteiger partial charge in [0.25, 0.3) is 0 Å². The second kappa shape index (κ2) is 3.58. The molecule has 0 aliphatic carbocycles. The Morgan fingerprint density at radius 2 is 2.60 bits per heavy atom. The highest BCUT2D eigenvalue weighted by Gasteiger charge is 2.12. The van der Waals surface area contributed by atoms with Crippen LogP contribution >= 0.6 is 0 Å². The van der Waals surface area contributed by atoms with Crippen molar-refractivity contribution >= 4 is 0 Å². The summed E-state index contributed by atoms with van der Waals surface area (Å²) in [5.41, 5.74) is 8.56. The maximum absolute atomic E-state index is 5.42. The highest BCUT2D eigenvalue weighted by molar-refractivity contribution is 4.90. The summed E-state index contributed by atoms with van der Waals surface area (Å²) in [4.78, 5) is 0. The van der Waals surface area contributed by atoms with Gasteiger partial charge in [0.1, 0.15) is 0 Å². The Hall–Kier alpha value is -0.540. The molecule has 10 heavy (non-hydrogen) atoms. The first-order valence-electron chi connectivity index (χ1n) is 3.72. The summed E-state index contributed by atoms with van der Waals surface area (Å²) in [6.07, 6.45) is 5.12. The number of nitrogens with one attached hydrogen (secondary N) is 1. The predicted octanol–water partition coefficient (Wildman–Crippen LogP) is 0.0576. The van der Waals surface area contributed by atoms with Gasteiger partial charge in [0.05, 0.1) is 0 Å². The maximum Gasteiger partial charge on any atom is 0.0379 e. The van der Waals surface area contributed by atoms with Crippen molar-refractivity contribution in [2.75, 3.05) is 13.1 Å². The van der Waals surface area contributed by atoms with Crippen LogP contribution in [0.1, 0.15) is 13.3 Å². The lowest BCUT2D eigenvalue weighted by Crippen LogP contribution is -2.39. The van der Waals surface area contributed by atoms with Gasteiger partial charge >= 0.3 is 0 Å². The van der Waals surface area contributed by atoms with Crippen LogP contribution in [0.4, 0.5) is 0 Å². The SMILES string of the molecule is CC(CCN)N1CC=CN1. The topological polar surface area (TPSA) is 41.3 Å². The molecule has 58 valence electrons. The molecule has 1 atom stereocenters. The zero-order valence-corrected chi connectivity index (χ0v) is 6.38. The van der Waals surface area contributed by atoms with Gasteiger partial charge in [-0.3, -0.25) is 0 Å². The molecule has 0 saturated heterocycles. The van der Waals surface area contributed by atoms with E-state index in [-0.39, 0.29) is 0 Å². The zero-order valence-electron chi connectivity index (χ0n) is 6.38. The summed E-state index contributed by atoms with van der Waals surface area (Å²) in [6.45, 7) is 3.94. The van der Waals surface area contributed by atoms with Gasteiger partial charge in [0, 0.05) is 18.8 Å². The molecule has 0 aromatic heterocycles. The quantitative estimate of drug-likeness (QED) is 0.584. The number of nitrogens with zero attached hydrogens (tertiary/aromatic N) is 1.